The number of aliphatic carboxylic acids is 1. The summed E-state index contributed by atoms with van der Waals surface area (Å²) in [6, 6.07) is 0. The van der Waals surface area contributed by atoms with Crippen LogP contribution < -0.4 is 10.6 Å². The Morgan fingerprint density at radius 1 is 1.23 bits per heavy atom. The first-order chi connectivity index (χ1) is 12.4. The monoisotopic (exact) mass is 364 g/mol. The Morgan fingerprint density at radius 2 is 1.92 bits per heavy atom. The van der Waals surface area contributed by atoms with E-state index in [9.17, 15) is 14.4 Å². The molecule has 0 spiro atoms. The van der Waals surface area contributed by atoms with E-state index in [-0.39, 0.29) is 23.7 Å². The van der Waals surface area contributed by atoms with E-state index in [4.69, 9.17) is 9.52 Å². The van der Waals surface area contributed by atoms with Crippen LogP contribution in [-0.2, 0) is 16.0 Å². The van der Waals surface area contributed by atoms with Gasteiger partial charge in [-0.05, 0) is 26.2 Å². The van der Waals surface area contributed by atoms with Gasteiger partial charge in [-0.1, -0.05) is 32.6 Å². The van der Waals surface area contributed by atoms with Gasteiger partial charge in [-0.3, -0.25) is 14.4 Å². The number of carboxylic acids is 1. The Hall–Kier alpha value is -2.31. The van der Waals surface area contributed by atoms with Crippen LogP contribution >= 0.6 is 0 Å². The molecule has 0 aromatic carbocycles. The fraction of sp³-hybridized carbons (Fsp3) is 0.632. The van der Waals surface area contributed by atoms with E-state index < -0.39 is 17.4 Å². The number of amides is 2. The van der Waals surface area contributed by atoms with E-state index in [1.165, 1.54) is 6.26 Å². The molecule has 0 unspecified atom stereocenters. The molecule has 1 saturated carbocycles. The van der Waals surface area contributed by atoms with Gasteiger partial charge in [0.1, 0.15) is 17.7 Å². The van der Waals surface area contributed by atoms with Gasteiger partial charge in [0.15, 0.2) is 0 Å². The Balaban J connectivity index is 2.20. The molecule has 1 aromatic heterocycles. The molecule has 3 N–H and O–H groups in total. The van der Waals surface area contributed by atoms with Gasteiger partial charge in [-0.25, -0.2) is 0 Å². The van der Waals surface area contributed by atoms with Crippen molar-refractivity contribution in [3.8, 4) is 0 Å². The molecular formula is C19H28N2O5. The minimum absolute atomic E-state index is 0.116. The fourth-order valence-electron chi connectivity index (χ4n) is 3.46. The average molecular weight is 364 g/mol. The van der Waals surface area contributed by atoms with Gasteiger partial charge in [-0.15, -0.1) is 0 Å². The van der Waals surface area contributed by atoms with E-state index in [0.717, 1.165) is 32.1 Å². The molecule has 2 rings (SSSR count). The Kier molecular flexibility index (Phi) is 6.83. The summed E-state index contributed by atoms with van der Waals surface area (Å²) in [6.45, 7) is 4.33. The first-order valence-corrected chi connectivity index (χ1v) is 9.29. The van der Waals surface area contributed by atoms with Crippen molar-refractivity contribution in [2.45, 2.75) is 70.8 Å². The first kappa shape index (κ1) is 20.0. The molecule has 1 aliphatic rings. The maximum absolute atomic E-state index is 12.9. The third kappa shape index (κ3) is 4.65. The third-order valence-corrected chi connectivity index (χ3v) is 4.90. The molecule has 0 aliphatic heterocycles. The molecule has 0 saturated heterocycles. The lowest BCUT2D eigenvalue weighted by Crippen LogP contribution is -2.60. The maximum atomic E-state index is 12.9. The van der Waals surface area contributed by atoms with E-state index in [1.807, 2.05) is 0 Å². The van der Waals surface area contributed by atoms with Gasteiger partial charge in [-0.2, -0.15) is 0 Å². The number of unbranched alkanes of at least 4 members (excludes halogenated alkanes) is 1. The Bertz CT molecular complexity index is 659. The number of nitrogens with one attached hydrogen (secondary N) is 2. The summed E-state index contributed by atoms with van der Waals surface area (Å²) in [5.74, 6) is -1.55. The lowest BCUT2D eigenvalue weighted by Gasteiger charge is -2.36. The van der Waals surface area contributed by atoms with Crippen molar-refractivity contribution < 1.29 is 23.9 Å². The number of carbonyl (C=O) groups is 3. The number of rotatable bonds is 8. The van der Waals surface area contributed by atoms with Crippen LogP contribution in [0.5, 0.6) is 0 Å². The zero-order valence-electron chi connectivity index (χ0n) is 15.5. The summed E-state index contributed by atoms with van der Waals surface area (Å²) in [5, 5.41) is 14.9. The second kappa shape index (κ2) is 8.87. The van der Waals surface area contributed by atoms with Crippen LogP contribution in [-0.4, -0.2) is 35.0 Å². The van der Waals surface area contributed by atoms with Crippen LogP contribution in [0.2, 0.25) is 0 Å². The third-order valence-electron chi connectivity index (χ3n) is 4.90. The van der Waals surface area contributed by atoms with Gasteiger partial charge in [0.05, 0.1) is 11.8 Å². The second-order valence-electron chi connectivity index (χ2n) is 6.99. The normalized spacial score (nSPS) is 16.1. The standard InChI is InChI=1S/C19H28N2O5/c1-3-4-10-20-18(25)19(8-6-5-7-9-19)21-17(24)16-13(2)12-26-14(16)11-15(22)23/h12H,3-11H2,1-2H3,(H,20,25)(H,21,24)(H,22,23). The second-order valence-corrected chi connectivity index (χ2v) is 6.99. The zero-order valence-corrected chi connectivity index (χ0v) is 15.5. The Morgan fingerprint density at radius 3 is 2.54 bits per heavy atom. The highest BCUT2D eigenvalue weighted by Crippen LogP contribution is 2.30. The summed E-state index contributed by atoms with van der Waals surface area (Å²) < 4.78 is 5.25. The molecule has 7 heteroatoms. The number of carbonyl (C=O) groups excluding carboxylic acids is 2. The summed E-state index contributed by atoms with van der Waals surface area (Å²) in [6.07, 6.45) is 6.82. The molecule has 1 aromatic rings. The number of aryl methyl sites for hydroxylation is 1. The van der Waals surface area contributed by atoms with Crippen molar-refractivity contribution >= 4 is 17.8 Å². The Labute approximate surface area is 153 Å². The molecule has 0 atom stereocenters. The molecule has 0 bridgehead atoms. The molecule has 144 valence electrons. The molecular weight excluding hydrogens is 336 g/mol. The molecule has 1 heterocycles. The van der Waals surface area contributed by atoms with E-state index in [2.05, 4.69) is 17.6 Å². The van der Waals surface area contributed by atoms with Crippen molar-refractivity contribution in [2.75, 3.05) is 6.54 Å². The van der Waals surface area contributed by atoms with Gasteiger partial charge in [0.25, 0.3) is 5.91 Å². The summed E-state index contributed by atoms with van der Waals surface area (Å²) in [5.41, 5.74) is -0.150. The predicted octanol–water partition coefficient (Wildman–Crippen LogP) is 2.56. The zero-order chi connectivity index (χ0) is 19.2. The highest BCUT2D eigenvalue weighted by atomic mass is 16.4. The largest absolute Gasteiger partial charge is 0.481 e. The van der Waals surface area contributed by atoms with Gasteiger partial charge >= 0.3 is 5.97 Å². The van der Waals surface area contributed by atoms with Crippen LogP contribution in [0.1, 0.15) is 73.6 Å². The first-order valence-electron chi connectivity index (χ1n) is 9.29. The summed E-state index contributed by atoms with van der Waals surface area (Å²) in [4.78, 5) is 36.7. The minimum Gasteiger partial charge on any atom is -0.481 e. The quantitative estimate of drug-likeness (QED) is 0.614. The smallest absolute Gasteiger partial charge is 0.311 e. The molecule has 2 amide bonds. The van der Waals surface area contributed by atoms with Crippen molar-refractivity contribution in [1.29, 1.82) is 0 Å². The fourth-order valence-corrected chi connectivity index (χ4v) is 3.46. The minimum atomic E-state index is -1.07. The number of furan rings is 1. The lowest BCUT2D eigenvalue weighted by atomic mass is 9.80. The number of hydrogen-bond acceptors (Lipinski definition) is 4. The van der Waals surface area contributed by atoms with Crippen molar-refractivity contribution in [3.05, 3.63) is 23.2 Å². The van der Waals surface area contributed by atoms with Crippen LogP contribution in [0.15, 0.2) is 10.7 Å². The van der Waals surface area contributed by atoms with E-state index >= 15 is 0 Å². The number of hydrogen-bond donors (Lipinski definition) is 3. The van der Waals surface area contributed by atoms with Crippen molar-refractivity contribution in [2.24, 2.45) is 0 Å². The highest BCUT2D eigenvalue weighted by molar-refractivity contribution is 6.01. The predicted molar refractivity (Wildman–Crippen MR) is 96.0 cm³/mol. The van der Waals surface area contributed by atoms with E-state index in [1.54, 1.807) is 6.92 Å². The van der Waals surface area contributed by atoms with Gasteiger partial charge in [0.2, 0.25) is 5.91 Å². The van der Waals surface area contributed by atoms with Gasteiger partial charge in [0, 0.05) is 12.1 Å². The van der Waals surface area contributed by atoms with Gasteiger partial charge < -0.3 is 20.2 Å². The molecule has 1 fully saturated rings. The molecule has 7 nitrogen and oxygen atoms in total. The SMILES string of the molecule is CCCCNC(=O)C1(NC(=O)c2c(C)coc2CC(=O)O)CCCCC1. The molecule has 26 heavy (non-hydrogen) atoms. The summed E-state index contributed by atoms with van der Waals surface area (Å²) in [7, 11) is 0. The topological polar surface area (TPSA) is 109 Å². The van der Waals surface area contributed by atoms with Crippen molar-refractivity contribution in [3.63, 3.8) is 0 Å². The van der Waals surface area contributed by atoms with Crippen LogP contribution in [0.4, 0.5) is 0 Å². The van der Waals surface area contributed by atoms with Crippen LogP contribution in [0, 0.1) is 6.92 Å². The van der Waals surface area contributed by atoms with Crippen LogP contribution in [0.25, 0.3) is 0 Å². The number of carboxylic acid groups (broad SMARTS) is 1. The summed E-state index contributed by atoms with van der Waals surface area (Å²) >= 11 is 0. The molecule has 1 aliphatic carbocycles. The lowest BCUT2D eigenvalue weighted by molar-refractivity contribution is -0.136. The van der Waals surface area contributed by atoms with Crippen LogP contribution in [0.3, 0.4) is 0 Å². The maximum Gasteiger partial charge on any atom is 0.311 e. The highest BCUT2D eigenvalue weighted by Gasteiger charge is 2.41. The molecule has 0 radical (unpaired) electrons. The van der Waals surface area contributed by atoms with E-state index in [0.29, 0.717) is 24.9 Å². The van der Waals surface area contributed by atoms with Crippen molar-refractivity contribution in [1.82, 2.24) is 10.6 Å². The average Bonchev–Trinajstić information content (AvgIpc) is 2.95.